The molecule has 0 aliphatic carbocycles. The molecule has 5 rings (SSSR count). The van der Waals surface area contributed by atoms with E-state index in [1.165, 1.54) is 22.8 Å². The highest BCUT2D eigenvalue weighted by Crippen LogP contribution is 2.37. The Morgan fingerprint density at radius 3 is 2.49 bits per heavy atom. The van der Waals surface area contributed by atoms with Crippen LogP contribution in [0, 0.1) is 12.7 Å². The molecule has 1 aliphatic heterocycles. The molecule has 13 heteroatoms. The molecule has 0 bridgehead atoms. The van der Waals surface area contributed by atoms with E-state index in [9.17, 15) is 18.0 Å². The minimum atomic E-state index is -3.68. The summed E-state index contributed by atoms with van der Waals surface area (Å²) >= 11 is 6.80. The first-order valence-corrected chi connectivity index (χ1v) is 16.7. The fourth-order valence-electron chi connectivity index (χ4n) is 5.76. The molecular weight excluding hydrogens is 619 g/mol. The Bertz CT molecular complexity index is 2030. The highest BCUT2D eigenvalue weighted by Gasteiger charge is 2.34. The number of piperazine rings is 1. The molecule has 236 valence electrons. The van der Waals surface area contributed by atoms with Crippen LogP contribution in [0.1, 0.15) is 44.9 Å². The molecule has 1 aromatic carbocycles. The van der Waals surface area contributed by atoms with E-state index in [1.807, 2.05) is 39.5 Å². The molecule has 1 saturated heterocycles. The van der Waals surface area contributed by atoms with Gasteiger partial charge in [0, 0.05) is 43.2 Å². The molecule has 1 aliphatic rings. The quantitative estimate of drug-likeness (QED) is 0.209. The summed E-state index contributed by atoms with van der Waals surface area (Å²) in [5.74, 6) is -0.683. The Morgan fingerprint density at radius 1 is 1.13 bits per heavy atom. The van der Waals surface area contributed by atoms with Crippen LogP contribution in [0.15, 0.2) is 58.9 Å². The molecule has 4 heterocycles. The molecule has 10 nitrogen and oxygen atoms in total. The predicted molar refractivity (Wildman–Crippen MR) is 173 cm³/mol. The molecule has 45 heavy (non-hydrogen) atoms. The van der Waals surface area contributed by atoms with Gasteiger partial charge in [0.15, 0.2) is 15.5 Å². The van der Waals surface area contributed by atoms with Crippen molar-refractivity contribution in [3.8, 4) is 16.9 Å². The largest absolute Gasteiger partial charge is 0.355 e. The van der Waals surface area contributed by atoms with Gasteiger partial charge in [-0.15, -0.1) is 0 Å². The van der Waals surface area contributed by atoms with E-state index in [0.29, 0.717) is 35.7 Å². The van der Waals surface area contributed by atoms with E-state index < -0.39 is 21.3 Å². The molecule has 3 aromatic heterocycles. The third-order valence-electron chi connectivity index (χ3n) is 8.06. The number of hydrogen-bond donors (Lipinski definition) is 0. The smallest absolute Gasteiger partial charge is 0.349 e. The number of amides is 1. The standard InChI is InChI=1S/C32H34ClFN6O4S/c1-8-26(41)38-15-20(6)39(16-19(38)5)30-23-14-24(33)28(22-13-21(45(7,43)44)9-10-25(22)34)36-31(23)40(32(42)37-30)29-18(4)11-12-35-27(29)17(2)3/h8-14,17,19-20H,1,15-16H2,2-7H3/t19-,20+/m1/s1. The predicted octanol–water partition coefficient (Wildman–Crippen LogP) is 5.08. The second kappa shape index (κ2) is 12.0. The van der Waals surface area contributed by atoms with Crippen LogP contribution in [0.3, 0.4) is 0 Å². The van der Waals surface area contributed by atoms with Crippen molar-refractivity contribution in [2.24, 2.45) is 0 Å². The van der Waals surface area contributed by atoms with Gasteiger partial charge in [-0.1, -0.05) is 32.0 Å². The number of anilines is 1. The summed E-state index contributed by atoms with van der Waals surface area (Å²) in [7, 11) is -3.68. The number of carbonyl (C=O) groups excluding carboxylic acids is 1. The zero-order valence-corrected chi connectivity index (χ0v) is 27.4. The topological polar surface area (TPSA) is 118 Å². The first kappa shape index (κ1) is 32.2. The number of aryl methyl sites for hydroxylation is 1. The SMILES string of the molecule is C=CC(=O)N1C[C@H](C)N(c2nc(=O)n(-c3c(C)ccnc3C(C)C)c3nc(-c4cc(S(C)(=O)=O)ccc4F)c(Cl)cc23)C[C@H]1C. The number of nitrogens with zero attached hydrogens (tertiary/aromatic N) is 6. The Hall–Kier alpha value is -4.16. The van der Waals surface area contributed by atoms with Gasteiger partial charge in [-0.05, 0) is 68.7 Å². The summed E-state index contributed by atoms with van der Waals surface area (Å²) in [5.41, 5.74) is 1.22. The van der Waals surface area contributed by atoms with Crippen molar-refractivity contribution in [1.29, 1.82) is 0 Å². The number of aromatic nitrogens is 4. The lowest BCUT2D eigenvalue weighted by Crippen LogP contribution is -2.58. The van der Waals surface area contributed by atoms with Crippen molar-refractivity contribution in [2.75, 3.05) is 24.2 Å². The average molecular weight is 653 g/mol. The molecule has 1 amide bonds. The average Bonchev–Trinajstić information content (AvgIpc) is 2.97. The second-order valence-corrected chi connectivity index (χ2v) is 14.1. The van der Waals surface area contributed by atoms with Crippen molar-refractivity contribution >= 4 is 44.2 Å². The normalized spacial score (nSPS) is 17.3. The zero-order chi connectivity index (χ0) is 33.0. The van der Waals surface area contributed by atoms with Crippen molar-refractivity contribution in [2.45, 2.75) is 57.5 Å². The van der Waals surface area contributed by atoms with Gasteiger partial charge in [-0.25, -0.2) is 27.2 Å². The fraction of sp³-hybridized carbons (Fsp3) is 0.344. The van der Waals surface area contributed by atoms with E-state index in [-0.39, 0.29) is 50.7 Å². The van der Waals surface area contributed by atoms with Gasteiger partial charge in [-0.3, -0.25) is 9.78 Å². The first-order valence-electron chi connectivity index (χ1n) is 14.4. The lowest BCUT2D eigenvalue weighted by atomic mass is 10.0. The van der Waals surface area contributed by atoms with Gasteiger partial charge in [0.2, 0.25) is 5.91 Å². The Morgan fingerprint density at radius 2 is 1.84 bits per heavy atom. The molecule has 0 unspecified atom stereocenters. The van der Waals surface area contributed by atoms with E-state index in [4.69, 9.17) is 16.6 Å². The molecule has 0 saturated carbocycles. The molecule has 1 fully saturated rings. The van der Waals surface area contributed by atoms with Crippen LogP contribution >= 0.6 is 11.6 Å². The van der Waals surface area contributed by atoms with E-state index in [1.54, 1.807) is 23.2 Å². The number of sulfone groups is 1. The van der Waals surface area contributed by atoms with Crippen LogP contribution in [-0.2, 0) is 14.6 Å². The summed E-state index contributed by atoms with van der Waals surface area (Å²) in [5, 5.41) is 0.456. The molecule has 4 aromatic rings. The second-order valence-electron chi connectivity index (χ2n) is 11.7. The van der Waals surface area contributed by atoms with Crippen LogP contribution in [0.5, 0.6) is 0 Å². The monoisotopic (exact) mass is 652 g/mol. The number of halogens is 2. The van der Waals surface area contributed by atoms with Crippen molar-refractivity contribution in [3.05, 3.63) is 81.8 Å². The summed E-state index contributed by atoms with van der Waals surface area (Å²) in [6.45, 7) is 13.9. The van der Waals surface area contributed by atoms with Crippen LogP contribution in [0.25, 0.3) is 28.0 Å². The van der Waals surface area contributed by atoms with Crippen LogP contribution in [-0.4, -0.2) is 70.2 Å². The summed E-state index contributed by atoms with van der Waals surface area (Å²) < 4.78 is 41.4. The Kier molecular flexibility index (Phi) is 8.58. The molecular formula is C32H34ClFN6O4S. The minimum absolute atomic E-state index is 0.0343. The number of carbonyl (C=O) groups is 1. The number of rotatable bonds is 6. The molecule has 2 atom stereocenters. The maximum absolute atomic E-state index is 15.3. The lowest BCUT2D eigenvalue weighted by Gasteiger charge is -2.44. The van der Waals surface area contributed by atoms with Gasteiger partial charge in [0.25, 0.3) is 0 Å². The van der Waals surface area contributed by atoms with Gasteiger partial charge in [-0.2, -0.15) is 4.98 Å². The summed E-state index contributed by atoms with van der Waals surface area (Å²) in [6.07, 6.45) is 3.97. The van der Waals surface area contributed by atoms with Gasteiger partial charge >= 0.3 is 5.69 Å². The summed E-state index contributed by atoms with van der Waals surface area (Å²) in [4.78, 5) is 44.1. The maximum atomic E-state index is 15.3. The highest BCUT2D eigenvalue weighted by atomic mass is 35.5. The lowest BCUT2D eigenvalue weighted by molar-refractivity contribution is -0.128. The van der Waals surface area contributed by atoms with Gasteiger partial charge in [0.05, 0.1) is 32.4 Å². The Balaban J connectivity index is 1.85. The van der Waals surface area contributed by atoms with Crippen LogP contribution < -0.4 is 10.6 Å². The molecule has 0 radical (unpaired) electrons. The number of pyridine rings is 2. The van der Waals surface area contributed by atoms with Crippen molar-refractivity contribution in [3.63, 3.8) is 0 Å². The molecule has 0 spiro atoms. The van der Waals surface area contributed by atoms with Gasteiger partial charge < -0.3 is 9.80 Å². The van der Waals surface area contributed by atoms with E-state index in [2.05, 4.69) is 16.5 Å². The van der Waals surface area contributed by atoms with Crippen LogP contribution in [0.2, 0.25) is 5.02 Å². The van der Waals surface area contributed by atoms with Crippen LogP contribution in [0.4, 0.5) is 10.2 Å². The third kappa shape index (κ3) is 5.84. The summed E-state index contributed by atoms with van der Waals surface area (Å²) in [6, 6.07) is 6.29. The zero-order valence-electron chi connectivity index (χ0n) is 25.9. The van der Waals surface area contributed by atoms with Crippen molar-refractivity contribution < 1.29 is 17.6 Å². The number of hydrogen-bond acceptors (Lipinski definition) is 8. The number of benzene rings is 1. The maximum Gasteiger partial charge on any atom is 0.355 e. The Labute approximate surface area is 266 Å². The highest BCUT2D eigenvalue weighted by molar-refractivity contribution is 7.90. The third-order valence-corrected chi connectivity index (χ3v) is 9.46. The van der Waals surface area contributed by atoms with E-state index >= 15 is 4.39 Å². The fourth-order valence-corrected chi connectivity index (χ4v) is 6.66. The molecule has 0 N–H and O–H groups in total. The number of fused-ring (bicyclic) bond motifs is 1. The minimum Gasteiger partial charge on any atom is -0.349 e. The van der Waals surface area contributed by atoms with Gasteiger partial charge in [0.1, 0.15) is 11.6 Å². The first-order chi connectivity index (χ1) is 21.1. The van der Waals surface area contributed by atoms with Crippen molar-refractivity contribution in [1.82, 2.24) is 24.4 Å². The van der Waals surface area contributed by atoms with E-state index in [0.717, 1.165) is 17.9 Å².